The van der Waals surface area contributed by atoms with E-state index < -0.39 is 16.3 Å². The molecular weight excluding hydrogens is 252 g/mol. The van der Waals surface area contributed by atoms with Gasteiger partial charge in [0.15, 0.2) is 0 Å². The first kappa shape index (κ1) is 17.8. The fraction of sp³-hybridized carbons (Fsp3) is 1.00. The van der Waals surface area contributed by atoms with Crippen LogP contribution in [-0.4, -0.2) is 50.5 Å². The third-order valence-corrected chi connectivity index (χ3v) is 4.17. The van der Waals surface area contributed by atoms with Crippen LogP contribution in [0.2, 0.25) is 0 Å². The molecule has 0 rings (SSSR count). The molecule has 0 spiro atoms. The van der Waals surface area contributed by atoms with Crippen molar-refractivity contribution in [3.05, 3.63) is 0 Å². The maximum atomic E-state index is 11.1. The molecule has 5 nitrogen and oxygen atoms in total. The van der Waals surface area contributed by atoms with E-state index in [0.717, 1.165) is 19.4 Å². The van der Waals surface area contributed by atoms with Gasteiger partial charge in [0, 0.05) is 13.6 Å². The Hall–Kier alpha value is -0.170. The Kier molecular flexibility index (Phi) is 8.77. The Morgan fingerprint density at radius 2 is 1.83 bits per heavy atom. The number of rotatable bonds is 10. The number of aliphatic hydroxyl groups excluding tert-OH is 1. The van der Waals surface area contributed by atoms with Crippen LogP contribution in [0, 0.1) is 5.92 Å². The minimum atomic E-state index is -3.10. The van der Waals surface area contributed by atoms with Crippen molar-refractivity contribution in [3.8, 4) is 0 Å². The number of nitrogens with one attached hydrogen (secondary N) is 1. The number of sulfonamides is 1. The second-order valence-electron chi connectivity index (χ2n) is 5.23. The molecule has 2 N–H and O–H groups in total. The molecule has 0 saturated heterocycles. The molecule has 18 heavy (non-hydrogen) atoms. The zero-order valence-corrected chi connectivity index (χ0v) is 12.8. The molecule has 1 unspecified atom stereocenters. The molecule has 0 radical (unpaired) electrons. The normalized spacial score (nSPS) is 14.4. The molecule has 0 aromatic carbocycles. The molecule has 0 bridgehead atoms. The van der Waals surface area contributed by atoms with E-state index in [9.17, 15) is 13.5 Å². The average molecular weight is 280 g/mol. The number of aliphatic hydroxyl groups is 1. The van der Waals surface area contributed by atoms with Gasteiger partial charge in [-0.1, -0.05) is 13.8 Å². The smallest absolute Gasteiger partial charge is 0.210 e. The molecule has 0 amide bonds. The Morgan fingerprint density at radius 3 is 2.33 bits per heavy atom. The van der Waals surface area contributed by atoms with E-state index >= 15 is 0 Å². The lowest BCUT2D eigenvalue weighted by molar-refractivity contribution is 0.123. The fourth-order valence-electron chi connectivity index (χ4n) is 1.55. The van der Waals surface area contributed by atoms with Crippen LogP contribution in [0.4, 0.5) is 0 Å². The maximum Gasteiger partial charge on any atom is 0.210 e. The summed E-state index contributed by atoms with van der Waals surface area (Å²) in [6.07, 6.45) is 4.08. The number of nitrogens with zero attached hydrogens (tertiary/aromatic N) is 1. The Morgan fingerprint density at radius 1 is 1.22 bits per heavy atom. The summed E-state index contributed by atoms with van der Waals surface area (Å²) in [6, 6.07) is 0. The van der Waals surface area contributed by atoms with Crippen LogP contribution in [0.3, 0.4) is 0 Å². The molecule has 0 aliphatic carbocycles. The second kappa shape index (κ2) is 8.85. The Bertz CT molecular complexity index is 304. The van der Waals surface area contributed by atoms with E-state index in [1.165, 1.54) is 10.6 Å². The topological polar surface area (TPSA) is 69.6 Å². The van der Waals surface area contributed by atoms with Gasteiger partial charge in [0.2, 0.25) is 10.0 Å². The molecule has 0 saturated carbocycles. The second-order valence-corrected chi connectivity index (χ2v) is 7.32. The molecule has 0 aromatic heterocycles. The molecule has 0 heterocycles. The van der Waals surface area contributed by atoms with Crippen LogP contribution in [0.15, 0.2) is 0 Å². The summed E-state index contributed by atoms with van der Waals surface area (Å²) in [5.41, 5.74) is 0. The van der Waals surface area contributed by atoms with Crippen LogP contribution >= 0.6 is 0 Å². The van der Waals surface area contributed by atoms with Gasteiger partial charge in [-0.2, -0.15) is 0 Å². The summed E-state index contributed by atoms with van der Waals surface area (Å²) in [6.45, 7) is 5.61. The lowest BCUT2D eigenvalue weighted by Crippen LogP contribution is -2.32. The maximum absolute atomic E-state index is 11.1. The van der Waals surface area contributed by atoms with Gasteiger partial charge in [-0.05, 0) is 38.1 Å². The van der Waals surface area contributed by atoms with Gasteiger partial charge in [-0.3, -0.25) is 5.32 Å². The van der Waals surface area contributed by atoms with Gasteiger partial charge in [0.05, 0.1) is 6.26 Å². The minimum Gasteiger partial charge on any atom is -0.379 e. The molecule has 0 aliphatic rings. The van der Waals surface area contributed by atoms with Crippen molar-refractivity contribution in [2.45, 2.75) is 45.8 Å². The standard InChI is InChI=1S/C12H28N2O3S/c1-11(2)7-5-9-13-12(15)8-6-10-14(3)18(4,16)17/h11-13,15H,5-10H2,1-4H3. The number of hydrogen-bond acceptors (Lipinski definition) is 4. The summed E-state index contributed by atoms with van der Waals surface area (Å²) < 4.78 is 23.6. The average Bonchev–Trinajstić information content (AvgIpc) is 2.22. The van der Waals surface area contributed by atoms with E-state index in [0.29, 0.717) is 25.3 Å². The lowest BCUT2D eigenvalue weighted by Gasteiger charge is -2.16. The lowest BCUT2D eigenvalue weighted by atomic mass is 10.1. The minimum absolute atomic E-state index is 0.448. The fourth-order valence-corrected chi connectivity index (χ4v) is 2.01. The Labute approximate surface area is 112 Å². The van der Waals surface area contributed by atoms with Crippen LogP contribution < -0.4 is 5.32 Å². The van der Waals surface area contributed by atoms with Crippen LogP contribution in [0.25, 0.3) is 0 Å². The largest absolute Gasteiger partial charge is 0.379 e. The highest BCUT2D eigenvalue weighted by Gasteiger charge is 2.11. The van der Waals surface area contributed by atoms with Crippen molar-refractivity contribution >= 4 is 10.0 Å². The first-order valence-electron chi connectivity index (χ1n) is 6.56. The van der Waals surface area contributed by atoms with Crippen LogP contribution in [0.1, 0.15) is 39.5 Å². The summed E-state index contributed by atoms with van der Waals surface area (Å²) in [5.74, 6) is 0.687. The highest BCUT2D eigenvalue weighted by atomic mass is 32.2. The first-order chi connectivity index (χ1) is 8.23. The molecule has 0 fully saturated rings. The first-order valence-corrected chi connectivity index (χ1v) is 8.41. The SMILES string of the molecule is CC(C)CCCNC(O)CCCN(C)S(C)(=O)=O. The molecule has 0 aromatic rings. The molecule has 110 valence electrons. The van der Waals surface area contributed by atoms with Crippen LogP contribution in [0.5, 0.6) is 0 Å². The van der Waals surface area contributed by atoms with E-state index in [1.807, 2.05) is 0 Å². The molecule has 6 heteroatoms. The summed E-state index contributed by atoms with van der Waals surface area (Å²) in [4.78, 5) is 0. The summed E-state index contributed by atoms with van der Waals surface area (Å²) in [5, 5.41) is 12.7. The van der Waals surface area contributed by atoms with Crippen molar-refractivity contribution in [1.29, 1.82) is 0 Å². The van der Waals surface area contributed by atoms with Gasteiger partial charge in [-0.15, -0.1) is 0 Å². The van der Waals surface area contributed by atoms with Crippen LogP contribution in [-0.2, 0) is 10.0 Å². The zero-order valence-electron chi connectivity index (χ0n) is 12.0. The van der Waals surface area contributed by atoms with Gasteiger partial charge >= 0.3 is 0 Å². The van der Waals surface area contributed by atoms with Gasteiger partial charge < -0.3 is 5.11 Å². The van der Waals surface area contributed by atoms with E-state index in [1.54, 1.807) is 7.05 Å². The van der Waals surface area contributed by atoms with Gasteiger partial charge in [-0.25, -0.2) is 12.7 Å². The number of hydrogen-bond donors (Lipinski definition) is 2. The van der Waals surface area contributed by atoms with Crippen molar-refractivity contribution in [2.75, 3.05) is 26.4 Å². The monoisotopic (exact) mass is 280 g/mol. The quantitative estimate of drug-likeness (QED) is 0.463. The van der Waals surface area contributed by atoms with Crippen molar-refractivity contribution < 1.29 is 13.5 Å². The summed E-state index contributed by atoms with van der Waals surface area (Å²) in [7, 11) is -1.55. The van der Waals surface area contributed by atoms with Crippen molar-refractivity contribution in [3.63, 3.8) is 0 Å². The highest BCUT2D eigenvalue weighted by Crippen LogP contribution is 2.03. The highest BCUT2D eigenvalue weighted by molar-refractivity contribution is 7.88. The third kappa shape index (κ3) is 9.82. The Balaban J connectivity index is 3.56. The predicted octanol–water partition coefficient (Wildman–Crippen LogP) is 1.00. The van der Waals surface area contributed by atoms with E-state index in [4.69, 9.17) is 0 Å². The third-order valence-electron chi connectivity index (χ3n) is 2.85. The predicted molar refractivity (Wildman–Crippen MR) is 74.8 cm³/mol. The molecule has 1 atom stereocenters. The van der Waals surface area contributed by atoms with Gasteiger partial charge in [0.1, 0.15) is 6.23 Å². The molecular formula is C12H28N2O3S. The molecule has 0 aliphatic heterocycles. The summed E-state index contributed by atoms with van der Waals surface area (Å²) >= 11 is 0. The van der Waals surface area contributed by atoms with Crippen molar-refractivity contribution in [2.24, 2.45) is 5.92 Å². The zero-order chi connectivity index (χ0) is 14.2. The van der Waals surface area contributed by atoms with E-state index in [2.05, 4.69) is 19.2 Å². The van der Waals surface area contributed by atoms with Gasteiger partial charge in [0.25, 0.3) is 0 Å². The van der Waals surface area contributed by atoms with Crippen molar-refractivity contribution in [1.82, 2.24) is 9.62 Å². The van der Waals surface area contributed by atoms with E-state index in [-0.39, 0.29) is 0 Å².